The van der Waals surface area contributed by atoms with Gasteiger partial charge in [-0.15, -0.1) is 0 Å². The number of nitrogens with zero attached hydrogens (tertiary/aromatic N) is 1. The molecule has 1 heterocycles. The van der Waals surface area contributed by atoms with Crippen molar-refractivity contribution in [3.63, 3.8) is 0 Å². The molecule has 0 aromatic rings. The van der Waals surface area contributed by atoms with Crippen molar-refractivity contribution in [2.45, 2.75) is 6.42 Å². The smallest absolute Gasteiger partial charge is 0.148 e. The number of hydrogen-bond acceptors (Lipinski definition) is 2. The molecule has 1 aliphatic rings. The molecule has 7 heavy (non-hydrogen) atoms. The van der Waals surface area contributed by atoms with E-state index in [1.807, 2.05) is 0 Å². The van der Waals surface area contributed by atoms with E-state index in [0.29, 0.717) is 18.7 Å². The van der Waals surface area contributed by atoms with Crippen LogP contribution < -0.4 is 0 Å². The van der Waals surface area contributed by atoms with E-state index in [1.54, 1.807) is 4.90 Å². The average molecular weight is 98.1 g/mol. The highest BCUT2D eigenvalue weighted by Gasteiger charge is 2.13. The summed E-state index contributed by atoms with van der Waals surface area (Å²) in [6.07, 6.45) is 0.698. The molecule has 0 aromatic carbocycles. The molecule has 0 spiro atoms. The van der Waals surface area contributed by atoms with Gasteiger partial charge in [0.05, 0.1) is 6.54 Å². The van der Waals surface area contributed by atoms with Crippen LogP contribution in [0.4, 0.5) is 0 Å². The molecule has 2 heteroatoms. The van der Waals surface area contributed by atoms with Crippen LogP contribution >= 0.6 is 0 Å². The van der Waals surface area contributed by atoms with Gasteiger partial charge in [-0.05, 0) is 0 Å². The molecule has 1 fully saturated rings. The highest BCUT2D eigenvalue weighted by Crippen LogP contribution is 1.99. The third kappa shape index (κ3) is 0.996. The molecule has 2 nitrogen and oxygen atoms in total. The van der Waals surface area contributed by atoms with Crippen molar-refractivity contribution in [1.82, 2.24) is 4.90 Å². The molecule has 0 aromatic heterocycles. The van der Waals surface area contributed by atoms with Crippen molar-refractivity contribution in [1.29, 1.82) is 0 Å². The maximum Gasteiger partial charge on any atom is 0.148 e. The summed E-state index contributed by atoms with van der Waals surface area (Å²) in [7, 11) is 3.60. The van der Waals surface area contributed by atoms with Crippen LogP contribution in [-0.4, -0.2) is 23.8 Å². The van der Waals surface area contributed by atoms with E-state index in [2.05, 4.69) is 7.05 Å². The Kier molecular flexibility index (Phi) is 1.11. The van der Waals surface area contributed by atoms with Crippen molar-refractivity contribution < 1.29 is 4.79 Å². The fraction of sp³-hybridized carbons (Fsp3) is 0.600. The predicted molar refractivity (Wildman–Crippen MR) is 26.6 cm³/mol. The van der Waals surface area contributed by atoms with Crippen LogP contribution in [0, 0.1) is 7.05 Å². The van der Waals surface area contributed by atoms with Gasteiger partial charge in [-0.2, -0.15) is 0 Å². The molecular weight excluding hydrogens is 90.1 g/mol. The first-order valence-electron chi connectivity index (χ1n) is 2.36. The van der Waals surface area contributed by atoms with Gasteiger partial charge < -0.3 is 0 Å². The third-order valence-corrected chi connectivity index (χ3v) is 1.11. The number of hydrogen-bond donors (Lipinski definition) is 0. The maximum absolute atomic E-state index is 10.4. The Morgan fingerprint density at radius 2 is 2.43 bits per heavy atom. The topological polar surface area (TPSA) is 20.3 Å². The second kappa shape index (κ2) is 1.62. The van der Waals surface area contributed by atoms with Gasteiger partial charge in [-0.1, -0.05) is 0 Å². The van der Waals surface area contributed by atoms with E-state index in [-0.39, 0.29) is 0 Å². The molecule has 1 radical (unpaired) electrons. The first kappa shape index (κ1) is 4.78. The van der Waals surface area contributed by atoms with Crippen molar-refractivity contribution in [3.05, 3.63) is 7.05 Å². The summed E-state index contributed by atoms with van der Waals surface area (Å²) in [4.78, 5) is 12.2. The molecule has 0 atom stereocenters. The summed E-state index contributed by atoms with van der Waals surface area (Å²) in [6.45, 7) is 1.40. The van der Waals surface area contributed by atoms with Crippen LogP contribution in [0.15, 0.2) is 0 Å². The Balaban J connectivity index is 2.40. The quantitative estimate of drug-likeness (QED) is 0.426. The van der Waals surface area contributed by atoms with Gasteiger partial charge in [0.25, 0.3) is 0 Å². The SMILES string of the molecule is [CH2]N1CCC(=O)C1. The molecule has 0 unspecified atom stereocenters. The summed E-state index contributed by atoms with van der Waals surface area (Å²) in [6, 6.07) is 0. The number of carbonyl (C=O) groups excluding carboxylic acids is 1. The van der Waals surface area contributed by atoms with Crippen molar-refractivity contribution in [3.8, 4) is 0 Å². The molecule has 0 N–H and O–H groups in total. The highest BCUT2D eigenvalue weighted by molar-refractivity contribution is 5.82. The monoisotopic (exact) mass is 98.1 g/mol. The van der Waals surface area contributed by atoms with Crippen LogP contribution in [0.3, 0.4) is 0 Å². The summed E-state index contributed by atoms with van der Waals surface area (Å²) >= 11 is 0. The zero-order chi connectivity index (χ0) is 5.28. The van der Waals surface area contributed by atoms with Gasteiger partial charge in [-0.3, -0.25) is 9.69 Å². The van der Waals surface area contributed by atoms with Gasteiger partial charge in [0.2, 0.25) is 0 Å². The van der Waals surface area contributed by atoms with Gasteiger partial charge in [0, 0.05) is 20.0 Å². The first-order valence-corrected chi connectivity index (χ1v) is 2.36. The minimum atomic E-state index is 0.315. The molecule has 0 aliphatic carbocycles. The van der Waals surface area contributed by atoms with Gasteiger partial charge in [-0.25, -0.2) is 0 Å². The first-order chi connectivity index (χ1) is 3.29. The van der Waals surface area contributed by atoms with Gasteiger partial charge in [0.15, 0.2) is 0 Å². The van der Waals surface area contributed by atoms with Crippen molar-refractivity contribution in [2.24, 2.45) is 0 Å². The Morgan fingerprint density at radius 1 is 1.71 bits per heavy atom. The molecule has 0 amide bonds. The molecule has 0 saturated carbocycles. The Labute approximate surface area is 43.1 Å². The summed E-state index contributed by atoms with van der Waals surface area (Å²) in [5.74, 6) is 0.315. The fourth-order valence-corrected chi connectivity index (χ4v) is 0.690. The minimum absolute atomic E-state index is 0.315. The fourth-order valence-electron chi connectivity index (χ4n) is 0.690. The van der Waals surface area contributed by atoms with Crippen LogP contribution in [0.2, 0.25) is 0 Å². The second-order valence-electron chi connectivity index (χ2n) is 1.84. The summed E-state index contributed by atoms with van der Waals surface area (Å²) < 4.78 is 0. The normalized spacial score (nSPS) is 23.9. The van der Waals surface area contributed by atoms with Crippen LogP contribution in [0.5, 0.6) is 0 Å². The van der Waals surface area contributed by atoms with E-state index < -0.39 is 0 Å². The zero-order valence-corrected chi connectivity index (χ0v) is 4.18. The Morgan fingerprint density at radius 3 is 2.57 bits per heavy atom. The number of carbonyl (C=O) groups is 1. The van der Waals surface area contributed by atoms with E-state index in [4.69, 9.17) is 0 Å². The van der Waals surface area contributed by atoms with Crippen LogP contribution in [0.1, 0.15) is 6.42 Å². The summed E-state index contributed by atoms with van der Waals surface area (Å²) in [5, 5.41) is 0. The summed E-state index contributed by atoms with van der Waals surface area (Å²) in [5.41, 5.74) is 0. The maximum atomic E-state index is 10.4. The van der Waals surface area contributed by atoms with E-state index in [9.17, 15) is 4.79 Å². The van der Waals surface area contributed by atoms with E-state index in [1.165, 1.54) is 0 Å². The van der Waals surface area contributed by atoms with Gasteiger partial charge >= 0.3 is 0 Å². The highest BCUT2D eigenvalue weighted by atomic mass is 16.1. The lowest BCUT2D eigenvalue weighted by Gasteiger charge is -1.99. The Bertz CT molecular complexity index is 90.1. The van der Waals surface area contributed by atoms with Crippen molar-refractivity contribution >= 4 is 5.78 Å². The van der Waals surface area contributed by atoms with Gasteiger partial charge in [0.1, 0.15) is 5.78 Å². The molecule has 1 saturated heterocycles. The molecule has 1 rings (SSSR count). The number of ketones is 1. The average Bonchev–Trinajstić information content (AvgIpc) is 1.87. The second-order valence-corrected chi connectivity index (χ2v) is 1.84. The molecule has 39 valence electrons. The standard InChI is InChI=1S/C5H8NO/c1-6-3-2-5(7)4-6/h1-4H2. The largest absolute Gasteiger partial charge is 0.298 e. The molecular formula is C5H8NO. The lowest BCUT2D eigenvalue weighted by molar-refractivity contribution is -0.116. The predicted octanol–water partition coefficient (Wildman–Crippen LogP) is 0.0528. The van der Waals surface area contributed by atoms with E-state index in [0.717, 1.165) is 6.54 Å². The number of rotatable bonds is 0. The third-order valence-electron chi connectivity index (χ3n) is 1.11. The Hall–Kier alpha value is -0.370. The van der Waals surface area contributed by atoms with Crippen molar-refractivity contribution in [2.75, 3.05) is 13.1 Å². The van der Waals surface area contributed by atoms with E-state index >= 15 is 0 Å². The lowest BCUT2D eigenvalue weighted by atomic mass is 10.4. The molecule has 1 aliphatic heterocycles. The molecule has 0 bridgehead atoms. The number of likely N-dealkylation sites (tertiary alicyclic amines) is 1. The minimum Gasteiger partial charge on any atom is -0.298 e. The van der Waals surface area contributed by atoms with Crippen LogP contribution in [-0.2, 0) is 4.79 Å². The number of Topliss-reactive ketones (excluding diaryl/α,β-unsaturated/α-hetero) is 1. The zero-order valence-electron chi connectivity index (χ0n) is 4.18. The van der Waals surface area contributed by atoms with Crippen LogP contribution in [0.25, 0.3) is 0 Å². The lowest BCUT2D eigenvalue weighted by Crippen LogP contribution is -2.10.